The van der Waals surface area contributed by atoms with E-state index >= 15 is 0 Å². The number of amides is 5. The molecule has 0 bridgehead atoms. The van der Waals surface area contributed by atoms with Crippen LogP contribution in [-0.2, 0) is 28.8 Å². The second-order valence-corrected chi connectivity index (χ2v) is 8.60. The molecule has 13 heteroatoms. The molecule has 5 amide bonds. The van der Waals surface area contributed by atoms with Crippen LogP contribution in [0.15, 0.2) is 0 Å². The van der Waals surface area contributed by atoms with Crippen LogP contribution >= 0.6 is 0 Å². The minimum atomic E-state index is -1.55. The van der Waals surface area contributed by atoms with Crippen LogP contribution in [0.1, 0.15) is 53.4 Å². The first-order chi connectivity index (χ1) is 15.1. The SMILES string of the molecule is CC(C)CC(NC(=O)C(N)CCC(N)=O)C(=O)NC(C(=O)NC(CC(N)=O)C(=O)O)C(C)C. The van der Waals surface area contributed by atoms with Crippen LogP contribution in [0.5, 0.6) is 0 Å². The molecule has 0 aromatic heterocycles. The number of carbonyl (C=O) groups is 6. The van der Waals surface area contributed by atoms with Crippen LogP contribution in [0.4, 0.5) is 0 Å². The third-order valence-electron chi connectivity index (χ3n) is 4.65. The maximum atomic E-state index is 12.9. The van der Waals surface area contributed by atoms with Crippen LogP contribution in [0.2, 0.25) is 0 Å². The number of rotatable bonds is 15. The zero-order valence-corrected chi connectivity index (χ0v) is 19.4. The van der Waals surface area contributed by atoms with Crippen molar-refractivity contribution in [3.8, 4) is 0 Å². The van der Waals surface area contributed by atoms with Crippen LogP contribution in [0, 0.1) is 11.8 Å². The first-order valence-electron chi connectivity index (χ1n) is 10.6. The molecule has 0 saturated carbocycles. The normalized spacial score (nSPS) is 14.6. The van der Waals surface area contributed by atoms with Crippen LogP contribution in [-0.4, -0.2) is 64.8 Å². The molecule has 10 N–H and O–H groups in total. The highest BCUT2D eigenvalue weighted by Crippen LogP contribution is 2.09. The number of nitrogens with two attached hydrogens (primary N) is 3. The van der Waals surface area contributed by atoms with Crippen LogP contribution < -0.4 is 33.2 Å². The smallest absolute Gasteiger partial charge is 0.326 e. The third-order valence-corrected chi connectivity index (χ3v) is 4.65. The lowest BCUT2D eigenvalue weighted by atomic mass is 9.99. The van der Waals surface area contributed by atoms with E-state index in [4.69, 9.17) is 17.2 Å². The Morgan fingerprint density at radius 1 is 0.788 bits per heavy atom. The molecule has 0 radical (unpaired) electrons. The number of aliphatic carboxylic acids is 1. The Hall–Kier alpha value is -3.22. The number of carboxylic acids is 1. The molecule has 0 aliphatic heterocycles. The minimum absolute atomic E-state index is 0.00461. The standard InChI is InChI=1S/C20H36N6O7/c1-9(2)7-12(24-17(29)11(21)5-6-14(22)27)18(30)26-16(10(3)4)19(31)25-13(20(32)33)8-15(23)28/h9-13,16H,5-8,21H2,1-4H3,(H2,22,27)(H2,23,28)(H,24,29)(H,25,31)(H,26,30)(H,32,33). The molecule has 33 heavy (non-hydrogen) atoms. The second-order valence-electron chi connectivity index (χ2n) is 8.60. The van der Waals surface area contributed by atoms with Crippen LogP contribution in [0.3, 0.4) is 0 Å². The van der Waals surface area contributed by atoms with Gasteiger partial charge in [0.05, 0.1) is 12.5 Å². The molecule has 4 atom stereocenters. The lowest BCUT2D eigenvalue weighted by Crippen LogP contribution is -2.58. The summed E-state index contributed by atoms with van der Waals surface area (Å²) in [5, 5.41) is 16.4. The molecule has 188 valence electrons. The topological polar surface area (TPSA) is 237 Å². The van der Waals surface area contributed by atoms with Gasteiger partial charge < -0.3 is 38.3 Å². The lowest BCUT2D eigenvalue weighted by molar-refractivity contribution is -0.144. The van der Waals surface area contributed by atoms with Gasteiger partial charge in [-0.1, -0.05) is 27.7 Å². The molecule has 0 aromatic carbocycles. The van der Waals surface area contributed by atoms with Gasteiger partial charge in [-0.2, -0.15) is 0 Å². The molecule has 0 fully saturated rings. The van der Waals surface area contributed by atoms with Gasteiger partial charge >= 0.3 is 5.97 Å². The highest BCUT2D eigenvalue weighted by molar-refractivity contribution is 5.95. The van der Waals surface area contributed by atoms with Crippen molar-refractivity contribution in [1.29, 1.82) is 0 Å². The summed E-state index contributed by atoms with van der Waals surface area (Å²) in [7, 11) is 0. The predicted octanol–water partition coefficient (Wildman–Crippen LogP) is -2.30. The molecule has 0 aromatic rings. The molecule has 4 unspecified atom stereocenters. The fraction of sp³-hybridized carbons (Fsp3) is 0.700. The van der Waals surface area contributed by atoms with Gasteiger partial charge in [0.25, 0.3) is 0 Å². The van der Waals surface area contributed by atoms with Gasteiger partial charge in [-0.15, -0.1) is 0 Å². The van der Waals surface area contributed by atoms with E-state index in [0.29, 0.717) is 0 Å². The maximum absolute atomic E-state index is 12.9. The Bertz CT molecular complexity index is 740. The Morgan fingerprint density at radius 3 is 1.76 bits per heavy atom. The molecule has 0 rings (SSSR count). The molecule has 0 heterocycles. The van der Waals surface area contributed by atoms with Gasteiger partial charge in [0.15, 0.2) is 0 Å². The highest BCUT2D eigenvalue weighted by atomic mass is 16.4. The molecule has 13 nitrogen and oxygen atoms in total. The van der Waals surface area contributed by atoms with Crippen LogP contribution in [0.25, 0.3) is 0 Å². The summed E-state index contributed by atoms with van der Waals surface area (Å²) in [6.45, 7) is 6.91. The van der Waals surface area contributed by atoms with E-state index in [1.165, 1.54) is 0 Å². The Balaban J connectivity index is 5.41. The van der Waals surface area contributed by atoms with Gasteiger partial charge in [-0.25, -0.2) is 4.79 Å². The number of carboxylic acid groups (broad SMARTS) is 1. The van der Waals surface area contributed by atoms with Gasteiger partial charge in [-0.3, -0.25) is 24.0 Å². The maximum Gasteiger partial charge on any atom is 0.326 e. The van der Waals surface area contributed by atoms with Gasteiger partial charge in [0, 0.05) is 6.42 Å². The molecule has 0 spiro atoms. The highest BCUT2D eigenvalue weighted by Gasteiger charge is 2.32. The van der Waals surface area contributed by atoms with Gasteiger partial charge in [-0.05, 0) is 24.7 Å². The van der Waals surface area contributed by atoms with Crippen molar-refractivity contribution in [3.63, 3.8) is 0 Å². The van der Waals surface area contributed by atoms with Gasteiger partial charge in [0.1, 0.15) is 18.1 Å². The molecule has 0 saturated heterocycles. The fourth-order valence-electron chi connectivity index (χ4n) is 2.86. The Kier molecular flexibility index (Phi) is 12.7. The van der Waals surface area contributed by atoms with Crippen molar-refractivity contribution >= 4 is 35.5 Å². The van der Waals surface area contributed by atoms with E-state index in [1.807, 2.05) is 13.8 Å². The molecule has 0 aliphatic carbocycles. The van der Waals surface area contributed by atoms with Crippen molar-refractivity contribution in [2.24, 2.45) is 29.0 Å². The summed E-state index contributed by atoms with van der Waals surface area (Å²) in [6.07, 6.45) is -0.479. The summed E-state index contributed by atoms with van der Waals surface area (Å²) < 4.78 is 0. The van der Waals surface area contributed by atoms with E-state index < -0.39 is 72.0 Å². The van der Waals surface area contributed by atoms with Crippen molar-refractivity contribution in [1.82, 2.24) is 16.0 Å². The monoisotopic (exact) mass is 472 g/mol. The molecular weight excluding hydrogens is 436 g/mol. The first-order valence-corrected chi connectivity index (χ1v) is 10.6. The van der Waals surface area contributed by atoms with E-state index in [2.05, 4.69) is 16.0 Å². The fourth-order valence-corrected chi connectivity index (χ4v) is 2.86. The Morgan fingerprint density at radius 2 is 1.33 bits per heavy atom. The Labute approximate surface area is 192 Å². The minimum Gasteiger partial charge on any atom is -0.480 e. The third kappa shape index (κ3) is 11.8. The summed E-state index contributed by atoms with van der Waals surface area (Å²) >= 11 is 0. The summed E-state index contributed by atoms with van der Waals surface area (Å²) in [5.41, 5.74) is 15.8. The van der Waals surface area contributed by atoms with Crippen molar-refractivity contribution in [2.75, 3.05) is 0 Å². The first kappa shape index (κ1) is 29.8. The summed E-state index contributed by atoms with van der Waals surface area (Å²) in [6, 6.07) is -4.80. The largest absolute Gasteiger partial charge is 0.480 e. The van der Waals surface area contributed by atoms with E-state index in [0.717, 1.165) is 0 Å². The summed E-state index contributed by atoms with van der Waals surface area (Å²) in [4.78, 5) is 71.2. The average molecular weight is 473 g/mol. The number of carbonyl (C=O) groups excluding carboxylic acids is 5. The van der Waals surface area contributed by atoms with Crippen molar-refractivity contribution in [3.05, 3.63) is 0 Å². The molecule has 0 aliphatic rings. The van der Waals surface area contributed by atoms with E-state index in [9.17, 15) is 33.9 Å². The number of hydrogen-bond donors (Lipinski definition) is 7. The van der Waals surface area contributed by atoms with Crippen molar-refractivity contribution in [2.45, 2.75) is 77.5 Å². The zero-order chi connectivity index (χ0) is 25.9. The lowest BCUT2D eigenvalue weighted by Gasteiger charge is -2.27. The second kappa shape index (κ2) is 14.0. The van der Waals surface area contributed by atoms with Gasteiger partial charge in [0.2, 0.25) is 29.5 Å². The quantitative estimate of drug-likeness (QED) is 0.136. The number of nitrogens with one attached hydrogen (secondary N) is 3. The van der Waals surface area contributed by atoms with E-state index in [-0.39, 0.29) is 25.2 Å². The molecular formula is C20H36N6O7. The number of hydrogen-bond acceptors (Lipinski definition) is 7. The predicted molar refractivity (Wildman–Crippen MR) is 118 cm³/mol. The average Bonchev–Trinajstić information content (AvgIpc) is 2.67. The van der Waals surface area contributed by atoms with Crippen molar-refractivity contribution < 1.29 is 33.9 Å². The zero-order valence-electron chi connectivity index (χ0n) is 19.4. The summed E-state index contributed by atoms with van der Waals surface area (Å²) in [5.74, 6) is -5.60. The van der Waals surface area contributed by atoms with E-state index in [1.54, 1.807) is 13.8 Å². The number of primary amides is 2.